The van der Waals surface area contributed by atoms with Gasteiger partial charge in [-0.25, -0.2) is 0 Å². The van der Waals surface area contributed by atoms with Crippen molar-refractivity contribution in [1.29, 1.82) is 0 Å². The summed E-state index contributed by atoms with van der Waals surface area (Å²) in [5.74, 6) is 0. The molecule has 1 aliphatic rings. The molecule has 1 N–H and O–H groups in total. The molecule has 0 atom stereocenters. The quantitative estimate of drug-likeness (QED) is 0.735. The maximum Gasteiger partial charge on any atom is 0.0202 e. The van der Waals surface area contributed by atoms with E-state index in [1.54, 1.807) is 0 Å². The summed E-state index contributed by atoms with van der Waals surface area (Å²) < 4.78 is 0. The summed E-state index contributed by atoms with van der Waals surface area (Å²) in [4.78, 5) is 2.58. The highest BCUT2D eigenvalue weighted by Crippen LogP contribution is 2.37. The lowest BCUT2D eigenvalue weighted by Crippen LogP contribution is -2.42. The van der Waals surface area contributed by atoms with Crippen LogP contribution in [0.1, 0.15) is 60.3 Å². The number of likely N-dealkylation sites (tertiary alicyclic amines) is 1. The van der Waals surface area contributed by atoms with Crippen LogP contribution in [0.25, 0.3) is 0 Å². The van der Waals surface area contributed by atoms with E-state index in [9.17, 15) is 0 Å². The molecule has 0 spiro atoms. The fraction of sp³-hybridized carbons (Fsp3) is 0.882. The summed E-state index contributed by atoms with van der Waals surface area (Å²) in [5, 5.41) is 3.52. The molecule has 19 heavy (non-hydrogen) atoms. The fourth-order valence-electron chi connectivity index (χ4n) is 2.90. The summed E-state index contributed by atoms with van der Waals surface area (Å²) in [6.07, 6.45) is 5.40. The van der Waals surface area contributed by atoms with Gasteiger partial charge >= 0.3 is 0 Å². The molecule has 0 radical (unpaired) electrons. The van der Waals surface area contributed by atoms with Crippen LogP contribution in [-0.2, 0) is 0 Å². The van der Waals surface area contributed by atoms with E-state index in [0.29, 0.717) is 5.41 Å². The molecule has 0 aromatic heterocycles. The molecular formula is C17H34N2. The second kappa shape index (κ2) is 6.90. The second-order valence-electron chi connectivity index (χ2n) is 7.34. The van der Waals surface area contributed by atoms with Crippen molar-refractivity contribution < 1.29 is 0 Å². The molecule has 2 heteroatoms. The number of hydrogen-bond donors (Lipinski definition) is 1. The van der Waals surface area contributed by atoms with E-state index in [0.717, 1.165) is 13.1 Å². The zero-order valence-electron chi connectivity index (χ0n) is 13.8. The lowest BCUT2D eigenvalue weighted by Gasteiger charge is -2.41. The lowest BCUT2D eigenvalue weighted by atomic mass is 9.74. The predicted molar refractivity (Wildman–Crippen MR) is 85.6 cm³/mol. The first-order chi connectivity index (χ1) is 8.80. The highest BCUT2D eigenvalue weighted by atomic mass is 15.1. The van der Waals surface area contributed by atoms with Gasteiger partial charge in [0.25, 0.3) is 0 Å². The highest BCUT2D eigenvalue weighted by molar-refractivity contribution is 5.02. The van der Waals surface area contributed by atoms with Crippen LogP contribution in [0.3, 0.4) is 0 Å². The van der Waals surface area contributed by atoms with Crippen molar-refractivity contribution in [1.82, 2.24) is 10.2 Å². The van der Waals surface area contributed by atoms with Crippen LogP contribution >= 0.6 is 0 Å². The summed E-state index contributed by atoms with van der Waals surface area (Å²) >= 11 is 0. The van der Waals surface area contributed by atoms with E-state index in [2.05, 4.69) is 51.4 Å². The maximum atomic E-state index is 4.22. The zero-order valence-corrected chi connectivity index (χ0v) is 13.8. The summed E-state index contributed by atoms with van der Waals surface area (Å²) in [5.41, 5.74) is 2.13. The van der Waals surface area contributed by atoms with Crippen LogP contribution in [0.5, 0.6) is 0 Å². The van der Waals surface area contributed by atoms with Crippen molar-refractivity contribution in [2.24, 2.45) is 5.41 Å². The molecule has 0 unspecified atom stereocenters. The van der Waals surface area contributed by atoms with Crippen LogP contribution in [0.15, 0.2) is 12.2 Å². The van der Waals surface area contributed by atoms with E-state index >= 15 is 0 Å². The molecular weight excluding hydrogens is 232 g/mol. The van der Waals surface area contributed by atoms with Crippen molar-refractivity contribution in [2.75, 3.05) is 26.2 Å². The molecule has 2 nitrogen and oxygen atoms in total. The predicted octanol–water partition coefficient (Wildman–Crippen LogP) is 3.83. The Morgan fingerprint density at radius 2 is 1.68 bits per heavy atom. The van der Waals surface area contributed by atoms with E-state index in [1.807, 2.05) is 0 Å². The molecule has 1 saturated heterocycles. The van der Waals surface area contributed by atoms with Crippen molar-refractivity contribution >= 4 is 0 Å². The van der Waals surface area contributed by atoms with Gasteiger partial charge in [0.1, 0.15) is 0 Å². The molecule has 1 fully saturated rings. The minimum absolute atomic E-state index is 0.185. The van der Waals surface area contributed by atoms with Gasteiger partial charge in [-0.3, -0.25) is 4.90 Å². The largest absolute Gasteiger partial charge is 0.308 e. The molecule has 0 saturated carbocycles. The Hall–Kier alpha value is -0.340. The van der Waals surface area contributed by atoms with Gasteiger partial charge in [0.2, 0.25) is 0 Å². The van der Waals surface area contributed by atoms with Crippen LogP contribution < -0.4 is 5.32 Å². The smallest absolute Gasteiger partial charge is 0.0202 e. The first kappa shape index (κ1) is 16.7. The molecule has 0 aliphatic carbocycles. The topological polar surface area (TPSA) is 15.3 Å². The van der Waals surface area contributed by atoms with Crippen LogP contribution in [-0.4, -0.2) is 36.6 Å². The Balaban J connectivity index is 2.31. The molecule has 0 amide bonds. The Kier molecular flexibility index (Phi) is 6.07. The Morgan fingerprint density at radius 1 is 1.16 bits per heavy atom. The fourth-order valence-corrected chi connectivity index (χ4v) is 2.90. The third kappa shape index (κ3) is 5.66. The van der Waals surface area contributed by atoms with Crippen molar-refractivity contribution in [3.63, 3.8) is 0 Å². The molecule has 0 bridgehead atoms. The molecule has 1 heterocycles. The number of piperidine rings is 1. The normalized spacial score (nSPS) is 20.5. The second-order valence-corrected chi connectivity index (χ2v) is 7.34. The van der Waals surface area contributed by atoms with Crippen LogP contribution in [0.2, 0.25) is 0 Å². The van der Waals surface area contributed by atoms with Gasteiger partial charge in [-0.05, 0) is 57.7 Å². The molecule has 0 aromatic carbocycles. The van der Waals surface area contributed by atoms with Gasteiger partial charge in [0.05, 0.1) is 0 Å². The summed E-state index contributed by atoms with van der Waals surface area (Å²) in [6.45, 7) is 20.0. The molecule has 1 rings (SSSR count). The third-order valence-electron chi connectivity index (χ3n) is 4.73. The highest BCUT2D eigenvalue weighted by Gasteiger charge is 2.31. The van der Waals surface area contributed by atoms with E-state index < -0.39 is 0 Å². The standard InChI is InChI=1S/C17H34N2/c1-7-17(8-2)9-11-19(12-10-17)14-15(3)13-18-16(4,5)6/h18H,3,7-14H2,1-2,4-6H3. The van der Waals surface area contributed by atoms with Crippen LogP contribution in [0.4, 0.5) is 0 Å². The Morgan fingerprint density at radius 3 is 2.11 bits per heavy atom. The van der Waals surface area contributed by atoms with Gasteiger partial charge in [0.15, 0.2) is 0 Å². The average Bonchev–Trinajstić information content (AvgIpc) is 2.37. The van der Waals surface area contributed by atoms with E-state index in [-0.39, 0.29) is 5.54 Å². The number of hydrogen-bond acceptors (Lipinski definition) is 2. The molecule has 1 aliphatic heterocycles. The van der Waals surface area contributed by atoms with Crippen molar-refractivity contribution in [2.45, 2.75) is 65.8 Å². The first-order valence-corrected chi connectivity index (χ1v) is 7.94. The maximum absolute atomic E-state index is 4.22. The number of nitrogens with zero attached hydrogens (tertiary/aromatic N) is 1. The van der Waals surface area contributed by atoms with Gasteiger partial charge in [-0.2, -0.15) is 0 Å². The SMILES string of the molecule is C=C(CNC(C)(C)C)CN1CCC(CC)(CC)CC1. The van der Waals surface area contributed by atoms with E-state index in [1.165, 1.54) is 44.3 Å². The lowest BCUT2D eigenvalue weighted by molar-refractivity contribution is 0.101. The van der Waals surface area contributed by atoms with Gasteiger partial charge in [-0.1, -0.05) is 33.3 Å². The minimum atomic E-state index is 0.185. The van der Waals surface area contributed by atoms with E-state index in [4.69, 9.17) is 0 Å². The first-order valence-electron chi connectivity index (χ1n) is 7.94. The average molecular weight is 266 g/mol. The third-order valence-corrected chi connectivity index (χ3v) is 4.73. The zero-order chi connectivity index (χ0) is 14.5. The van der Waals surface area contributed by atoms with Gasteiger partial charge in [0, 0.05) is 18.6 Å². The van der Waals surface area contributed by atoms with Crippen molar-refractivity contribution in [3.8, 4) is 0 Å². The monoisotopic (exact) mass is 266 g/mol. The minimum Gasteiger partial charge on any atom is -0.308 e. The Labute approximate surface area is 120 Å². The summed E-state index contributed by atoms with van der Waals surface area (Å²) in [6, 6.07) is 0. The number of rotatable bonds is 6. The van der Waals surface area contributed by atoms with Crippen LogP contribution in [0, 0.1) is 5.41 Å². The Bertz CT molecular complexity index is 274. The van der Waals surface area contributed by atoms with Crippen molar-refractivity contribution in [3.05, 3.63) is 12.2 Å². The van der Waals surface area contributed by atoms with Gasteiger partial charge < -0.3 is 5.32 Å². The number of nitrogens with one attached hydrogen (secondary N) is 1. The molecule has 112 valence electrons. The molecule has 0 aromatic rings. The van der Waals surface area contributed by atoms with Gasteiger partial charge in [-0.15, -0.1) is 0 Å². The summed E-state index contributed by atoms with van der Waals surface area (Å²) in [7, 11) is 0.